The lowest BCUT2D eigenvalue weighted by atomic mass is 10.2. The lowest BCUT2D eigenvalue weighted by Gasteiger charge is -2.06. The molecule has 8 heteroatoms. The Morgan fingerprint density at radius 2 is 1.68 bits per heavy atom. The van der Waals surface area contributed by atoms with Gasteiger partial charge in [-0.25, -0.2) is 9.98 Å². The third kappa shape index (κ3) is 4.05. The summed E-state index contributed by atoms with van der Waals surface area (Å²) in [6, 6.07) is 20.9. The number of aliphatic imine (C=N–C) groups is 1. The molecule has 152 valence electrons. The Morgan fingerprint density at radius 1 is 0.903 bits per heavy atom. The van der Waals surface area contributed by atoms with E-state index < -0.39 is 0 Å². The molecule has 0 atom stereocenters. The highest BCUT2D eigenvalue weighted by molar-refractivity contribution is 7.16. The number of nitrogens with one attached hydrogen (secondary N) is 1. The number of halogens is 2. The van der Waals surface area contributed by atoms with E-state index in [4.69, 9.17) is 23.2 Å². The first-order valence-corrected chi connectivity index (χ1v) is 10.9. The second kappa shape index (κ2) is 8.15. The summed E-state index contributed by atoms with van der Waals surface area (Å²) < 4.78 is 0. The van der Waals surface area contributed by atoms with Crippen LogP contribution in [0, 0.1) is 0 Å². The van der Waals surface area contributed by atoms with Crippen LogP contribution in [-0.4, -0.2) is 15.9 Å². The second-order valence-electron chi connectivity index (χ2n) is 6.73. The predicted octanol–water partition coefficient (Wildman–Crippen LogP) is 5.44. The van der Waals surface area contributed by atoms with Crippen molar-refractivity contribution >= 4 is 63.0 Å². The first-order chi connectivity index (χ1) is 15.1. The van der Waals surface area contributed by atoms with Crippen molar-refractivity contribution in [3.8, 4) is 5.88 Å². The Labute approximate surface area is 191 Å². The van der Waals surface area contributed by atoms with Crippen LogP contribution in [-0.2, 0) is 0 Å². The quantitative estimate of drug-likeness (QED) is 0.422. The number of benzene rings is 3. The monoisotopic (exact) mass is 464 g/mol. The molecule has 0 amide bonds. The molecule has 31 heavy (non-hydrogen) atoms. The first kappa shape index (κ1) is 19.8. The highest BCUT2D eigenvalue weighted by Gasteiger charge is 2.13. The number of aromatic nitrogens is 1. The Bertz CT molecular complexity index is 1430. The maximum absolute atomic E-state index is 10.3. The van der Waals surface area contributed by atoms with E-state index in [1.165, 1.54) is 11.3 Å². The van der Waals surface area contributed by atoms with Crippen LogP contribution in [0.15, 0.2) is 76.7 Å². The number of fused-ring (bicyclic) bond motifs is 1. The first-order valence-electron chi connectivity index (χ1n) is 9.32. The van der Waals surface area contributed by atoms with Gasteiger partial charge in [0.2, 0.25) is 5.88 Å². The molecule has 1 aromatic heterocycles. The van der Waals surface area contributed by atoms with Crippen molar-refractivity contribution in [1.29, 1.82) is 0 Å². The Kier molecular flexibility index (Phi) is 5.19. The number of nitrogens with zero attached hydrogens (tertiary/aromatic N) is 3. The summed E-state index contributed by atoms with van der Waals surface area (Å²) in [5, 5.41) is 16.5. The molecule has 0 saturated heterocycles. The molecule has 4 aromatic rings. The molecule has 1 aliphatic heterocycles. The van der Waals surface area contributed by atoms with Crippen LogP contribution < -0.4 is 15.9 Å². The van der Waals surface area contributed by atoms with Crippen molar-refractivity contribution in [1.82, 2.24) is 4.98 Å². The average molecular weight is 465 g/mol. The minimum Gasteiger partial charge on any atom is -0.492 e. The topological polar surface area (TPSA) is 69.9 Å². The summed E-state index contributed by atoms with van der Waals surface area (Å²) in [6.07, 6.45) is 1.85. The van der Waals surface area contributed by atoms with E-state index >= 15 is 0 Å². The molecule has 2 heterocycles. The SMILES string of the molecule is Oc1nc(Nc2c(Cl)cccc2Cl)sc1C=c1ccc2c(c1)N=C(c1ccccc1)N=2. The predicted molar refractivity (Wildman–Crippen MR) is 127 cm³/mol. The van der Waals surface area contributed by atoms with Gasteiger partial charge in [0.05, 0.1) is 31.7 Å². The van der Waals surface area contributed by atoms with Crippen molar-refractivity contribution < 1.29 is 5.11 Å². The van der Waals surface area contributed by atoms with Gasteiger partial charge in [0, 0.05) is 5.56 Å². The number of hydrogen-bond acceptors (Lipinski definition) is 6. The highest BCUT2D eigenvalue weighted by atomic mass is 35.5. The molecule has 2 N–H and O–H groups in total. The minimum atomic E-state index is -0.0747. The van der Waals surface area contributed by atoms with Crippen LogP contribution in [0.1, 0.15) is 10.4 Å². The number of para-hydroxylation sites is 1. The molecule has 5 nitrogen and oxygen atoms in total. The van der Waals surface area contributed by atoms with Gasteiger partial charge in [-0.2, -0.15) is 4.98 Å². The number of thiazole rings is 1. The molecular formula is C23H14Cl2N4OS. The average Bonchev–Trinajstić information content (AvgIpc) is 3.34. The Hall–Kier alpha value is -3.19. The van der Waals surface area contributed by atoms with E-state index in [0.29, 0.717) is 31.6 Å². The Balaban J connectivity index is 1.46. The van der Waals surface area contributed by atoms with Gasteiger partial charge >= 0.3 is 0 Å². The maximum atomic E-state index is 10.3. The summed E-state index contributed by atoms with van der Waals surface area (Å²) in [6.45, 7) is 0. The third-order valence-corrected chi connectivity index (χ3v) is 6.15. The van der Waals surface area contributed by atoms with Crippen molar-refractivity contribution in [2.45, 2.75) is 0 Å². The van der Waals surface area contributed by atoms with Crippen LogP contribution >= 0.6 is 34.5 Å². The normalized spacial score (nSPS) is 13.0. The fourth-order valence-corrected chi connectivity index (χ4v) is 4.45. The number of aromatic hydroxyl groups is 1. The summed E-state index contributed by atoms with van der Waals surface area (Å²) in [5.74, 6) is 0.617. The van der Waals surface area contributed by atoms with Crippen LogP contribution in [0.3, 0.4) is 0 Å². The molecular weight excluding hydrogens is 451 g/mol. The molecule has 3 aromatic carbocycles. The maximum Gasteiger partial charge on any atom is 0.231 e. The number of anilines is 2. The van der Waals surface area contributed by atoms with E-state index in [1.807, 2.05) is 54.6 Å². The molecule has 0 radical (unpaired) electrons. The molecule has 0 spiro atoms. The van der Waals surface area contributed by atoms with Gasteiger partial charge in [0.25, 0.3) is 0 Å². The van der Waals surface area contributed by atoms with Gasteiger partial charge in [-0.15, -0.1) is 0 Å². The number of rotatable bonds is 4. The van der Waals surface area contributed by atoms with Gasteiger partial charge in [-0.05, 0) is 35.6 Å². The van der Waals surface area contributed by atoms with E-state index in [1.54, 1.807) is 18.2 Å². The van der Waals surface area contributed by atoms with Gasteiger partial charge in [-0.1, -0.05) is 77.0 Å². The van der Waals surface area contributed by atoms with E-state index in [-0.39, 0.29) is 5.88 Å². The summed E-state index contributed by atoms with van der Waals surface area (Å²) in [5.41, 5.74) is 2.31. The van der Waals surface area contributed by atoms with Gasteiger partial charge < -0.3 is 10.4 Å². The van der Waals surface area contributed by atoms with Gasteiger partial charge in [-0.3, -0.25) is 0 Å². The third-order valence-electron chi connectivity index (χ3n) is 4.61. The molecule has 0 unspecified atom stereocenters. The zero-order chi connectivity index (χ0) is 21.4. The largest absolute Gasteiger partial charge is 0.492 e. The minimum absolute atomic E-state index is 0.0747. The van der Waals surface area contributed by atoms with Crippen molar-refractivity contribution in [3.63, 3.8) is 0 Å². The Morgan fingerprint density at radius 3 is 2.45 bits per heavy atom. The van der Waals surface area contributed by atoms with E-state index in [9.17, 15) is 5.11 Å². The van der Waals surface area contributed by atoms with Crippen LogP contribution in [0.5, 0.6) is 5.88 Å². The lowest BCUT2D eigenvalue weighted by molar-refractivity contribution is 0.457. The van der Waals surface area contributed by atoms with Gasteiger partial charge in [0.15, 0.2) is 11.0 Å². The highest BCUT2D eigenvalue weighted by Crippen LogP contribution is 2.36. The summed E-state index contributed by atoms with van der Waals surface area (Å²) in [7, 11) is 0. The fourth-order valence-electron chi connectivity index (χ4n) is 3.13. The van der Waals surface area contributed by atoms with Crippen molar-refractivity contribution in [2.75, 3.05) is 5.32 Å². The van der Waals surface area contributed by atoms with Crippen molar-refractivity contribution in [2.24, 2.45) is 9.98 Å². The van der Waals surface area contributed by atoms with Gasteiger partial charge in [0.1, 0.15) is 0 Å². The number of amidine groups is 1. The number of hydrogen-bond donors (Lipinski definition) is 2. The zero-order valence-corrected chi connectivity index (χ0v) is 18.2. The summed E-state index contributed by atoms with van der Waals surface area (Å²) in [4.78, 5) is 14.0. The van der Waals surface area contributed by atoms with Crippen LogP contribution in [0.25, 0.3) is 6.08 Å². The molecule has 0 fully saturated rings. The standard InChI is InChI=1S/C23H14Cl2N4OS/c24-15-7-4-8-16(25)20(15)28-23-29-22(30)19(31-23)12-13-9-10-17-18(11-13)27-21(26-17)14-5-2-1-3-6-14/h1-12,30H,(H,28,29). The van der Waals surface area contributed by atoms with E-state index in [0.717, 1.165) is 21.8 Å². The second-order valence-corrected chi connectivity index (χ2v) is 8.58. The van der Waals surface area contributed by atoms with Crippen LogP contribution in [0.4, 0.5) is 16.5 Å². The lowest BCUT2D eigenvalue weighted by Crippen LogP contribution is -2.07. The molecule has 0 saturated carbocycles. The molecule has 1 aliphatic rings. The van der Waals surface area contributed by atoms with Crippen molar-refractivity contribution in [3.05, 3.63) is 97.8 Å². The molecule has 0 aliphatic carbocycles. The fraction of sp³-hybridized carbons (Fsp3) is 0. The van der Waals surface area contributed by atoms with Crippen LogP contribution in [0.2, 0.25) is 10.0 Å². The van der Waals surface area contributed by atoms with E-state index in [2.05, 4.69) is 20.3 Å². The smallest absolute Gasteiger partial charge is 0.231 e. The summed E-state index contributed by atoms with van der Waals surface area (Å²) >= 11 is 13.7. The molecule has 0 bridgehead atoms. The zero-order valence-electron chi connectivity index (χ0n) is 15.9. The molecule has 5 rings (SSSR count).